The Morgan fingerprint density at radius 3 is 2.63 bits per heavy atom. The van der Waals surface area contributed by atoms with Crippen molar-refractivity contribution in [2.75, 3.05) is 44.8 Å². The van der Waals surface area contributed by atoms with E-state index in [9.17, 15) is 14.0 Å². The van der Waals surface area contributed by atoms with Crippen LogP contribution in [-0.4, -0.2) is 56.2 Å². The Kier molecular flexibility index (Phi) is 6.54. The average Bonchev–Trinajstić information content (AvgIpc) is 3.06. The van der Waals surface area contributed by atoms with E-state index in [-0.39, 0.29) is 24.9 Å². The number of nitrogens with one attached hydrogen (secondary N) is 1. The van der Waals surface area contributed by atoms with Gasteiger partial charge in [-0.05, 0) is 24.6 Å². The number of rotatable bonds is 6. The van der Waals surface area contributed by atoms with Crippen LogP contribution in [0.4, 0.5) is 9.39 Å². The zero-order chi connectivity index (χ0) is 19.2. The van der Waals surface area contributed by atoms with E-state index in [1.54, 1.807) is 24.4 Å². The number of halogens is 1. The molecule has 0 atom stereocenters. The van der Waals surface area contributed by atoms with Gasteiger partial charge in [0.05, 0.1) is 26.4 Å². The SMILES string of the molecule is CCOC(=O)c1c(-c2ccc(F)cc2)csc1NC(=O)CN1CCOCC1. The highest BCUT2D eigenvalue weighted by molar-refractivity contribution is 7.15. The number of esters is 1. The van der Waals surface area contributed by atoms with Crippen LogP contribution >= 0.6 is 11.3 Å². The second-order valence-corrected chi connectivity index (χ2v) is 6.90. The molecule has 2 aromatic rings. The maximum Gasteiger partial charge on any atom is 0.341 e. The third-order valence-electron chi connectivity index (χ3n) is 4.15. The molecule has 1 aromatic heterocycles. The highest BCUT2D eigenvalue weighted by atomic mass is 32.1. The highest BCUT2D eigenvalue weighted by Gasteiger charge is 2.23. The van der Waals surface area contributed by atoms with E-state index in [1.807, 2.05) is 4.90 Å². The zero-order valence-electron chi connectivity index (χ0n) is 15.0. The van der Waals surface area contributed by atoms with Gasteiger partial charge in [-0.15, -0.1) is 11.3 Å². The normalized spacial score (nSPS) is 14.7. The number of thiophene rings is 1. The second-order valence-electron chi connectivity index (χ2n) is 6.02. The molecule has 0 unspecified atom stereocenters. The standard InChI is InChI=1S/C19H21FN2O4S/c1-2-26-19(24)17-15(13-3-5-14(20)6-4-13)12-27-18(17)21-16(23)11-22-7-9-25-10-8-22/h3-6,12H,2,7-11H2,1H3,(H,21,23). The number of ether oxygens (including phenoxy) is 2. The molecule has 1 saturated heterocycles. The molecule has 144 valence electrons. The number of amides is 1. The molecule has 1 aliphatic heterocycles. The van der Waals surface area contributed by atoms with Crippen LogP contribution in [0.5, 0.6) is 0 Å². The first kappa shape index (κ1) is 19.5. The molecule has 1 aliphatic rings. The lowest BCUT2D eigenvalue weighted by Gasteiger charge is -2.25. The Bertz CT molecular complexity index is 801. The van der Waals surface area contributed by atoms with Gasteiger partial charge in [-0.25, -0.2) is 9.18 Å². The summed E-state index contributed by atoms with van der Waals surface area (Å²) in [6.45, 7) is 4.78. The molecule has 2 heterocycles. The minimum atomic E-state index is -0.514. The maximum atomic E-state index is 13.2. The largest absolute Gasteiger partial charge is 0.462 e. The predicted molar refractivity (Wildman–Crippen MR) is 102 cm³/mol. The van der Waals surface area contributed by atoms with Gasteiger partial charge in [0.15, 0.2) is 0 Å². The number of carbonyl (C=O) groups is 2. The molecule has 3 rings (SSSR count). The lowest BCUT2D eigenvalue weighted by molar-refractivity contribution is -0.118. The summed E-state index contributed by atoms with van der Waals surface area (Å²) in [5.41, 5.74) is 1.59. The van der Waals surface area contributed by atoms with Crippen molar-refractivity contribution in [3.8, 4) is 11.1 Å². The molecule has 0 spiro atoms. The van der Waals surface area contributed by atoms with Gasteiger partial charge in [0, 0.05) is 24.0 Å². The summed E-state index contributed by atoms with van der Waals surface area (Å²) in [4.78, 5) is 26.9. The van der Waals surface area contributed by atoms with Gasteiger partial charge >= 0.3 is 5.97 Å². The van der Waals surface area contributed by atoms with Crippen molar-refractivity contribution in [2.24, 2.45) is 0 Å². The molecule has 1 N–H and O–H groups in total. The number of nitrogens with zero attached hydrogens (tertiary/aromatic N) is 1. The highest BCUT2D eigenvalue weighted by Crippen LogP contribution is 2.36. The lowest BCUT2D eigenvalue weighted by Crippen LogP contribution is -2.41. The minimum absolute atomic E-state index is 0.199. The van der Waals surface area contributed by atoms with E-state index >= 15 is 0 Å². The van der Waals surface area contributed by atoms with Crippen molar-refractivity contribution in [3.63, 3.8) is 0 Å². The summed E-state index contributed by atoms with van der Waals surface area (Å²) >= 11 is 1.25. The van der Waals surface area contributed by atoms with Crippen LogP contribution in [0.15, 0.2) is 29.6 Å². The van der Waals surface area contributed by atoms with Gasteiger partial charge in [-0.2, -0.15) is 0 Å². The lowest BCUT2D eigenvalue weighted by atomic mass is 10.0. The fourth-order valence-electron chi connectivity index (χ4n) is 2.83. The van der Waals surface area contributed by atoms with Gasteiger partial charge in [0.2, 0.25) is 5.91 Å². The summed E-state index contributed by atoms with van der Waals surface area (Å²) in [5.74, 6) is -1.07. The second kappa shape index (κ2) is 9.07. The molecule has 6 nitrogen and oxygen atoms in total. The molecular weight excluding hydrogens is 371 g/mol. The van der Waals surface area contributed by atoms with Gasteiger partial charge in [0.25, 0.3) is 0 Å². The molecule has 0 aliphatic carbocycles. The molecular formula is C19H21FN2O4S. The van der Waals surface area contributed by atoms with Crippen LogP contribution in [-0.2, 0) is 14.3 Å². The molecule has 1 amide bonds. The van der Waals surface area contributed by atoms with Crippen molar-refractivity contribution in [3.05, 3.63) is 41.0 Å². The first-order valence-corrected chi connectivity index (χ1v) is 9.61. The molecule has 8 heteroatoms. The fourth-order valence-corrected chi connectivity index (χ4v) is 3.80. The summed E-state index contributed by atoms with van der Waals surface area (Å²) in [5, 5.41) is 5.02. The van der Waals surface area contributed by atoms with Gasteiger partial charge in [-0.1, -0.05) is 12.1 Å². The Hall–Kier alpha value is -2.29. The molecule has 0 radical (unpaired) electrons. The molecule has 1 fully saturated rings. The summed E-state index contributed by atoms with van der Waals surface area (Å²) in [7, 11) is 0. The molecule has 27 heavy (non-hydrogen) atoms. The Morgan fingerprint density at radius 1 is 1.26 bits per heavy atom. The van der Waals surface area contributed by atoms with Crippen molar-refractivity contribution in [2.45, 2.75) is 6.92 Å². The van der Waals surface area contributed by atoms with Crippen LogP contribution in [0.1, 0.15) is 17.3 Å². The number of hydrogen-bond donors (Lipinski definition) is 1. The minimum Gasteiger partial charge on any atom is -0.462 e. The van der Waals surface area contributed by atoms with Gasteiger partial charge in [-0.3, -0.25) is 9.69 Å². The van der Waals surface area contributed by atoms with E-state index in [1.165, 1.54) is 23.5 Å². The monoisotopic (exact) mass is 392 g/mol. The Morgan fingerprint density at radius 2 is 1.96 bits per heavy atom. The third-order valence-corrected chi connectivity index (χ3v) is 5.05. The first-order chi connectivity index (χ1) is 13.1. The summed E-state index contributed by atoms with van der Waals surface area (Å²) in [6.07, 6.45) is 0. The van der Waals surface area contributed by atoms with Crippen LogP contribution in [0.3, 0.4) is 0 Å². The van der Waals surface area contributed by atoms with Crippen LogP contribution in [0.25, 0.3) is 11.1 Å². The van der Waals surface area contributed by atoms with Crippen molar-refractivity contribution >= 4 is 28.2 Å². The topological polar surface area (TPSA) is 67.9 Å². The number of carbonyl (C=O) groups excluding carboxylic acids is 2. The first-order valence-electron chi connectivity index (χ1n) is 8.73. The predicted octanol–water partition coefficient (Wildman–Crippen LogP) is 3.00. The third kappa shape index (κ3) is 4.91. The quantitative estimate of drug-likeness (QED) is 0.766. The van der Waals surface area contributed by atoms with Crippen LogP contribution < -0.4 is 5.32 Å². The zero-order valence-corrected chi connectivity index (χ0v) is 15.8. The van der Waals surface area contributed by atoms with E-state index in [0.717, 1.165) is 0 Å². The fraction of sp³-hybridized carbons (Fsp3) is 0.368. The average molecular weight is 392 g/mol. The summed E-state index contributed by atoms with van der Waals surface area (Å²) in [6, 6.07) is 5.86. The Balaban J connectivity index is 1.82. The van der Waals surface area contributed by atoms with E-state index in [2.05, 4.69) is 5.32 Å². The van der Waals surface area contributed by atoms with Crippen LogP contribution in [0.2, 0.25) is 0 Å². The van der Waals surface area contributed by atoms with Crippen LogP contribution in [0, 0.1) is 5.82 Å². The van der Waals surface area contributed by atoms with E-state index in [4.69, 9.17) is 9.47 Å². The smallest absolute Gasteiger partial charge is 0.341 e. The maximum absolute atomic E-state index is 13.2. The molecule has 1 aromatic carbocycles. The van der Waals surface area contributed by atoms with Gasteiger partial charge < -0.3 is 14.8 Å². The summed E-state index contributed by atoms with van der Waals surface area (Å²) < 4.78 is 23.7. The van der Waals surface area contributed by atoms with Gasteiger partial charge in [0.1, 0.15) is 16.4 Å². The van der Waals surface area contributed by atoms with E-state index < -0.39 is 5.97 Å². The number of morpholine rings is 1. The number of benzene rings is 1. The van der Waals surface area contributed by atoms with E-state index in [0.29, 0.717) is 48.0 Å². The van der Waals surface area contributed by atoms with Crippen molar-refractivity contribution < 1.29 is 23.5 Å². The molecule has 0 saturated carbocycles. The Labute approximate surface area is 160 Å². The number of hydrogen-bond acceptors (Lipinski definition) is 6. The van der Waals surface area contributed by atoms with Crippen molar-refractivity contribution in [1.29, 1.82) is 0 Å². The molecule has 0 bridgehead atoms. The van der Waals surface area contributed by atoms with Crippen molar-refractivity contribution in [1.82, 2.24) is 4.90 Å². The number of anilines is 1.